The van der Waals surface area contributed by atoms with Gasteiger partial charge in [-0.15, -0.1) is 11.3 Å². The summed E-state index contributed by atoms with van der Waals surface area (Å²) in [6, 6.07) is 9.35. The maximum absolute atomic E-state index is 13.0. The van der Waals surface area contributed by atoms with Crippen LogP contribution in [0.3, 0.4) is 0 Å². The number of methoxy groups -OCH3 is 1. The van der Waals surface area contributed by atoms with Crippen LogP contribution in [0.15, 0.2) is 35.9 Å². The van der Waals surface area contributed by atoms with Gasteiger partial charge in [0.1, 0.15) is 0 Å². The molecule has 1 atom stereocenters. The van der Waals surface area contributed by atoms with E-state index in [0.717, 1.165) is 48.2 Å². The van der Waals surface area contributed by atoms with Crippen molar-refractivity contribution in [2.45, 2.75) is 64.9 Å². The number of aromatic nitrogens is 1. The standard InChI is InChI=1S/C30H32Cl2N2O4S/c1-4-5-8-20(38-3)11-10-18-7-6-9-22-21(18)12-13-26-27(22)33-30(39-26)34-28(35)19-15-24(31)23(25(32)16-19)14-17(2)29(36)37/h6-7,9,14-16,20H,4-5,8,10-13H2,1-3H3,(H,36,37)(H,33,34,35). The largest absolute Gasteiger partial charge is 0.478 e. The zero-order valence-corrected chi connectivity index (χ0v) is 24.6. The number of hydrogen-bond donors (Lipinski definition) is 2. The third-order valence-electron chi connectivity index (χ3n) is 7.04. The molecule has 1 amide bonds. The fourth-order valence-electron chi connectivity index (χ4n) is 4.84. The van der Waals surface area contributed by atoms with Gasteiger partial charge in [-0.3, -0.25) is 10.1 Å². The molecule has 2 N–H and O–H groups in total. The predicted octanol–water partition coefficient (Wildman–Crippen LogP) is 8.09. The van der Waals surface area contributed by atoms with E-state index in [4.69, 9.17) is 38.0 Å². The quantitative estimate of drug-likeness (QED) is 0.221. The number of halogens is 2. The van der Waals surface area contributed by atoms with E-state index in [-0.39, 0.29) is 33.2 Å². The van der Waals surface area contributed by atoms with Gasteiger partial charge < -0.3 is 9.84 Å². The topological polar surface area (TPSA) is 88.5 Å². The van der Waals surface area contributed by atoms with Crippen molar-refractivity contribution in [2.75, 3.05) is 12.4 Å². The van der Waals surface area contributed by atoms with Crippen LogP contribution in [0.2, 0.25) is 10.0 Å². The molecule has 1 heterocycles. The SMILES string of the molecule is CCCCC(CCc1cccc2c1CCc1sc(NC(=O)c3cc(Cl)c(C=C(C)C(=O)O)c(Cl)c3)nc1-2)OC. The molecule has 1 aromatic heterocycles. The molecule has 9 heteroatoms. The highest BCUT2D eigenvalue weighted by molar-refractivity contribution is 7.16. The first-order chi connectivity index (χ1) is 18.7. The summed E-state index contributed by atoms with van der Waals surface area (Å²) < 4.78 is 5.70. The summed E-state index contributed by atoms with van der Waals surface area (Å²) in [7, 11) is 1.80. The number of ether oxygens (including phenoxy) is 1. The number of anilines is 1. The number of benzene rings is 2. The number of nitrogens with zero attached hydrogens (tertiary/aromatic N) is 1. The summed E-state index contributed by atoms with van der Waals surface area (Å²) >= 11 is 14.2. The average molecular weight is 588 g/mol. The number of carbonyl (C=O) groups is 2. The summed E-state index contributed by atoms with van der Waals surface area (Å²) in [6.07, 6.45) is 8.85. The molecular weight excluding hydrogens is 555 g/mol. The Labute approximate surface area is 243 Å². The second-order valence-electron chi connectivity index (χ2n) is 9.71. The predicted molar refractivity (Wildman–Crippen MR) is 159 cm³/mol. The van der Waals surface area contributed by atoms with Crippen LogP contribution in [0, 0.1) is 0 Å². The lowest BCUT2D eigenvalue weighted by Gasteiger charge is -2.20. The maximum atomic E-state index is 13.0. The van der Waals surface area contributed by atoms with Crippen LogP contribution in [-0.4, -0.2) is 35.2 Å². The highest BCUT2D eigenvalue weighted by atomic mass is 35.5. The normalized spacial score (nSPS) is 13.5. The molecule has 0 saturated heterocycles. The molecule has 0 spiro atoms. The molecule has 4 rings (SSSR count). The first-order valence-electron chi connectivity index (χ1n) is 13.1. The van der Waals surface area contributed by atoms with Gasteiger partial charge in [-0.1, -0.05) is 61.2 Å². The van der Waals surface area contributed by atoms with E-state index in [0.29, 0.717) is 10.7 Å². The van der Waals surface area contributed by atoms with Crippen LogP contribution in [0.1, 0.15) is 71.5 Å². The van der Waals surface area contributed by atoms with Gasteiger partial charge in [0, 0.05) is 34.3 Å². The summed E-state index contributed by atoms with van der Waals surface area (Å²) in [5, 5.41) is 12.9. The Morgan fingerprint density at radius 3 is 2.62 bits per heavy atom. The molecule has 1 unspecified atom stereocenters. The van der Waals surface area contributed by atoms with Crippen LogP contribution < -0.4 is 5.32 Å². The van der Waals surface area contributed by atoms with E-state index in [1.165, 1.54) is 60.4 Å². The Morgan fingerprint density at radius 2 is 1.95 bits per heavy atom. The molecule has 1 aliphatic carbocycles. The minimum atomic E-state index is -1.07. The molecule has 0 saturated carbocycles. The number of aryl methyl sites for hydroxylation is 2. The molecular formula is C30H32Cl2N2O4S. The van der Waals surface area contributed by atoms with Crippen molar-refractivity contribution in [2.24, 2.45) is 0 Å². The van der Waals surface area contributed by atoms with E-state index in [9.17, 15) is 9.59 Å². The lowest BCUT2D eigenvalue weighted by atomic mass is 9.87. The molecule has 206 valence electrons. The van der Waals surface area contributed by atoms with Gasteiger partial charge in [0.05, 0.1) is 21.8 Å². The fraction of sp³-hybridized carbons (Fsp3) is 0.367. The van der Waals surface area contributed by atoms with E-state index >= 15 is 0 Å². The first kappa shape index (κ1) is 29.3. The lowest BCUT2D eigenvalue weighted by molar-refractivity contribution is -0.132. The van der Waals surface area contributed by atoms with Gasteiger partial charge in [0.2, 0.25) is 0 Å². The zero-order valence-electron chi connectivity index (χ0n) is 22.3. The van der Waals surface area contributed by atoms with Crippen LogP contribution in [0.4, 0.5) is 5.13 Å². The Kier molecular flexibility index (Phi) is 9.83. The summed E-state index contributed by atoms with van der Waals surface area (Å²) in [6.45, 7) is 3.65. The van der Waals surface area contributed by atoms with Crippen LogP contribution >= 0.6 is 34.5 Å². The van der Waals surface area contributed by atoms with Crippen LogP contribution in [0.5, 0.6) is 0 Å². The second-order valence-corrected chi connectivity index (χ2v) is 11.6. The van der Waals surface area contributed by atoms with Gasteiger partial charge >= 0.3 is 5.97 Å². The molecule has 1 aliphatic rings. The van der Waals surface area contributed by atoms with Gasteiger partial charge in [-0.05, 0) is 68.4 Å². The van der Waals surface area contributed by atoms with E-state index in [1.807, 2.05) is 0 Å². The van der Waals surface area contributed by atoms with E-state index in [1.54, 1.807) is 7.11 Å². The fourth-order valence-corrected chi connectivity index (χ4v) is 6.41. The van der Waals surface area contributed by atoms with Crippen molar-refractivity contribution in [1.29, 1.82) is 0 Å². The van der Waals surface area contributed by atoms with E-state index in [2.05, 4.69) is 30.4 Å². The van der Waals surface area contributed by atoms with Crippen molar-refractivity contribution in [3.05, 3.63) is 73.1 Å². The zero-order chi connectivity index (χ0) is 28.1. The van der Waals surface area contributed by atoms with Crippen LogP contribution in [0.25, 0.3) is 17.3 Å². The van der Waals surface area contributed by atoms with Crippen molar-refractivity contribution in [3.8, 4) is 11.3 Å². The number of aliphatic carboxylic acids is 1. The number of unbranched alkanes of at least 4 members (excludes halogenated alkanes) is 1. The number of hydrogen-bond acceptors (Lipinski definition) is 5. The summed E-state index contributed by atoms with van der Waals surface area (Å²) in [5.41, 5.74) is 5.43. The van der Waals surface area contributed by atoms with Crippen LogP contribution in [-0.2, 0) is 28.8 Å². The number of carbonyl (C=O) groups excluding carboxylic acids is 1. The van der Waals surface area contributed by atoms with Crippen molar-refractivity contribution >= 4 is 57.6 Å². The van der Waals surface area contributed by atoms with Gasteiger partial charge in [0.25, 0.3) is 5.91 Å². The molecule has 0 radical (unpaired) electrons. The molecule has 6 nitrogen and oxygen atoms in total. The highest BCUT2D eigenvalue weighted by Gasteiger charge is 2.24. The number of rotatable bonds is 11. The Morgan fingerprint density at radius 1 is 1.21 bits per heavy atom. The third-order valence-corrected chi connectivity index (χ3v) is 8.69. The van der Waals surface area contributed by atoms with E-state index < -0.39 is 5.97 Å². The van der Waals surface area contributed by atoms with Crippen molar-refractivity contribution in [1.82, 2.24) is 4.98 Å². The molecule has 0 fully saturated rings. The number of thiazole rings is 1. The Balaban J connectivity index is 1.52. The maximum Gasteiger partial charge on any atom is 0.331 e. The third kappa shape index (κ3) is 6.90. The Bertz CT molecular complexity index is 1390. The minimum absolute atomic E-state index is 0.0859. The molecule has 2 aromatic carbocycles. The smallest absolute Gasteiger partial charge is 0.331 e. The van der Waals surface area contributed by atoms with Gasteiger partial charge in [0.15, 0.2) is 5.13 Å². The molecule has 0 bridgehead atoms. The average Bonchev–Trinajstić information content (AvgIpc) is 3.33. The number of fused-ring (bicyclic) bond motifs is 3. The number of amides is 1. The highest BCUT2D eigenvalue weighted by Crippen LogP contribution is 2.40. The lowest BCUT2D eigenvalue weighted by Crippen LogP contribution is -2.13. The minimum Gasteiger partial charge on any atom is -0.478 e. The summed E-state index contributed by atoms with van der Waals surface area (Å²) in [4.78, 5) is 30.1. The number of nitrogens with one attached hydrogen (secondary N) is 1. The second kappa shape index (κ2) is 13.1. The summed E-state index contributed by atoms with van der Waals surface area (Å²) in [5.74, 6) is -1.46. The number of carboxylic acid groups (broad SMARTS) is 1. The van der Waals surface area contributed by atoms with Gasteiger partial charge in [-0.25, -0.2) is 9.78 Å². The monoisotopic (exact) mass is 586 g/mol. The first-order valence-corrected chi connectivity index (χ1v) is 14.6. The molecule has 3 aromatic rings. The number of carboxylic acids is 1. The molecule has 39 heavy (non-hydrogen) atoms. The Hall–Kier alpha value is -2.71. The van der Waals surface area contributed by atoms with Gasteiger partial charge in [-0.2, -0.15) is 0 Å². The van der Waals surface area contributed by atoms with Crippen molar-refractivity contribution < 1.29 is 19.4 Å². The molecule has 0 aliphatic heterocycles. The van der Waals surface area contributed by atoms with Crippen molar-refractivity contribution in [3.63, 3.8) is 0 Å².